The normalized spacial score (nSPS) is 19.7. The Balaban J connectivity index is 1.64. The molecule has 2 aromatic rings. The van der Waals surface area contributed by atoms with Gasteiger partial charge in [0.15, 0.2) is 11.5 Å². The minimum atomic E-state index is 0.121. The van der Waals surface area contributed by atoms with Gasteiger partial charge in [-0.25, -0.2) is 0 Å². The molecule has 1 aliphatic heterocycles. The fraction of sp³-hybridized carbons (Fsp3) is 0.368. The average Bonchev–Trinajstić information content (AvgIpc) is 3.37. The largest absolute Gasteiger partial charge is 0.486 e. The predicted octanol–water partition coefficient (Wildman–Crippen LogP) is 5.99. The predicted molar refractivity (Wildman–Crippen MR) is 93.8 cm³/mol. The summed E-state index contributed by atoms with van der Waals surface area (Å²) >= 11 is 12.4. The Kier molecular flexibility index (Phi) is 4.13. The van der Waals surface area contributed by atoms with Crippen LogP contribution in [0.1, 0.15) is 25.7 Å². The standard InChI is InChI=1S/C19H18Cl2O2/c20-13-7-9-15(17(21)10-13)16-2-1-3-18-19(16)23-14(11-22-18)8-6-12-4-5-12/h1-3,7,9-10,12,14H,4-6,8,11H2. The topological polar surface area (TPSA) is 18.5 Å². The van der Waals surface area contributed by atoms with Gasteiger partial charge in [-0.05, 0) is 37.0 Å². The minimum Gasteiger partial charge on any atom is -0.486 e. The maximum atomic E-state index is 6.37. The van der Waals surface area contributed by atoms with Gasteiger partial charge >= 0.3 is 0 Å². The number of rotatable bonds is 4. The molecule has 1 aliphatic carbocycles. The third-order valence-electron chi connectivity index (χ3n) is 4.50. The van der Waals surface area contributed by atoms with Crippen molar-refractivity contribution in [3.63, 3.8) is 0 Å². The molecule has 0 radical (unpaired) electrons. The molecule has 0 aromatic heterocycles. The molecule has 0 saturated heterocycles. The molecule has 1 fully saturated rings. The van der Waals surface area contributed by atoms with Crippen LogP contribution in [0.2, 0.25) is 10.0 Å². The number of hydrogen-bond donors (Lipinski definition) is 0. The van der Waals surface area contributed by atoms with E-state index in [1.807, 2.05) is 30.3 Å². The smallest absolute Gasteiger partial charge is 0.169 e. The van der Waals surface area contributed by atoms with Gasteiger partial charge in [-0.2, -0.15) is 0 Å². The molecule has 1 unspecified atom stereocenters. The Morgan fingerprint density at radius 1 is 1.00 bits per heavy atom. The summed E-state index contributed by atoms with van der Waals surface area (Å²) in [5.41, 5.74) is 1.87. The lowest BCUT2D eigenvalue weighted by Crippen LogP contribution is -2.29. The minimum absolute atomic E-state index is 0.121. The van der Waals surface area contributed by atoms with Gasteiger partial charge in [-0.3, -0.25) is 0 Å². The fourth-order valence-electron chi connectivity index (χ4n) is 3.02. The third-order valence-corrected chi connectivity index (χ3v) is 5.05. The fourth-order valence-corrected chi connectivity index (χ4v) is 3.54. The molecule has 0 spiro atoms. The van der Waals surface area contributed by atoms with Gasteiger partial charge in [0.1, 0.15) is 12.7 Å². The Hall–Kier alpha value is -1.38. The highest BCUT2D eigenvalue weighted by Gasteiger charge is 2.28. The first kappa shape index (κ1) is 15.2. The molecule has 23 heavy (non-hydrogen) atoms. The van der Waals surface area contributed by atoms with E-state index < -0.39 is 0 Å². The van der Waals surface area contributed by atoms with Crippen LogP contribution < -0.4 is 9.47 Å². The summed E-state index contributed by atoms with van der Waals surface area (Å²) in [6, 6.07) is 11.5. The molecule has 1 saturated carbocycles. The van der Waals surface area contributed by atoms with Crippen molar-refractivity contribution in [2.75, 3.05) is 6.61 Å². The molecule has 0 bridgehead atoms. The van der Waals surface area contributed by atoms with Crippen LogP contribution in [0.4, 0.5) is 0 Å². The molecule has 0 amide bonds. The summed E-state index contributed by atoms with van der Waals surface area (Å²) in [7, 11) is 0. The molecule has 2 aliphatic rings. The molecule has 120 valence electrons. The van der Waals surface area contributed by atoms with Crippen LogP contribution in [0, 0.1) is 5.92 Å². The van der Waals surface area contributed by atoms with Crippen LogP contribution in [0.5, 0.6) is 11.5 Å². The van der Waals surface area contributed by atoms with Crippen molar-refractivity contribution in [3.05, 3.63) is 46.4 Å². The van der Waals surface area contributed by atoms with Crippen molar-refractivity contribution in [1.82, 2.24) is 0 Å². The van der Waals surface area contributed by atoms with Crippen molar-refractivity contribution in [3.8, 4) is 22.6 Å². The molecule has 1 atom stereocenters. The number of para-hydroxylation sites is 1. The van der Waals surface area contributed by atoms with Crippen molar-refractivity contribution in [2.45, 2.75) is 31.8 Å². The maximum absolute atomic E-state index is 6.37. The number of halogens is 2. The van der Waals surface area contributed by atoms with Crippen LogP contribution in [0.15, 0.2) is 36.4 Å². The lowest BCUT2D eigenvalue weighted by Gasteiger charge is -2.28. The Morgan fingerprint density at radius 3 is 2.65 bits per heavy atom. The zero-order valence-corrected chi connectivity index (χ0v) is 14.2. The Labute approximate surface area is 146 Å². The Bertz CT molecular complexity index is 725. The number of benzene rings is 2. The van der Waals surface area contributed by atoms with Crippen LogP contribution in [0.25, 0.3) is 11.1 Å². The highest BCUT2D eigenvalue weighted by atomic mass is 35.5. The van der Waals surface area contributed by atoms with Crippen LogP contribution in [-0.2, 0) is 0 Å². The van der Waals surface area contributed by atoms with Crippen LogP contribution >= 0.6 is 23.2 Å². The van der Waals surface area contributed by atoms with Crippen molar-refractivity contribution in [1.29, 1.82) is 0 Å². The number of ether oxygens (including phenoxy) is 2. The van der Waals surface area contributed by atoms with E-state index in [9.17, 15) is 0 Å². The molecule has 4 heteroatoms. The van der Waals surface area contributed by atoms with Crippen molar-refractivity contribution in [2.24, 2.45) is 5.92 Å². The highest BCUT2D eigenvalue weighted by Crippen LogP contribution is 2.44. The first-order chi connectivity index (χ1) is 11.2. The monoisotopic (exact) mass is 348 g/mol. The van der Waals surface area contributed by atoms with Gasteiger partial charge < -0.3 is 9.47 Å². The molecular formula is C19H18Cl2O2. The average molecular weight is 349 g/mol. The van der Waals surface area contributed by atoms with E-state index in [4.69, 9.17) is 32.7 Å². The second kappa shape index (κ2) is 6.26. The van der Waals surface area contributed by atoms with E-state index in [1.165, 1.54) is 19.3 Å². The van der Waals surface area contributed by atoms with Gasteiger partial charge in [0.05, 0.1) is 5.02 Å². The molecule has 4 rings (SSSR count). The quantitative estimate of drug-likeness (QED) is 0.675. The van der Waals surface area contributed by atoms with E-state index >= 15 is 0 Å². The summed E-state index contributed by atoms with van der Waals surface area (Å²) in [4.78, 5) is 0. The molecule has 2 aromatic carbocycles. The summed E-state index contributed by atoms with van der Waals surface area (Å²) in [6.07, 6.45) is 5.14. The van der Waals surface area contributed by atoms with Gasteiger partial charge in [0, 0.05) is 16.1 Å². The molecular weight excluding hydrogens is 331 g/mol. The van der Waals surface area contributed by atoms with Gasteiger partial charge in [0.2, 0.25) is 0 Å². The lowest BCUT2D eigenvalue weighted by molar-refractivity contribution is 0.0830. The van der Waals surface area contributed by atoms with Crippen LogP contribution in [-0.4, -0.2) is 12.7 Å². The summed E-state index contributed by atoms with van der Waals surface area (Å²) in [5.74, 6) is 2.49. The Morgan fingerprint density at radius 2 is 1.87 bits per heavy atom. The molecule has 0 N–H and O–H groups in total. The summed E-state index contributed by atoms with van der Waals surface area (Å²) in [6.45, 7) is 0.623. The zero-order valence-electron chi connectivity index (χ0n) is 12.7. The van der Waals surface area contributed by atoms with Crippen molar-refractivity contribution >= 4 is 23.2 Å². The number of fused-ring (bicyclic) bond motifs is 1. The van der Waals surface area contributed by atoms with E-state index in [0.29, 0.717) is 16.7 Å². The van der Waals surface area contributed by atoms with Gasteiger partial charge in [-0.1, -0.05) is 54.2 Å². The van der Waals surface area contributed by atoms with Gasteiger partial charge in [-0.15, -0.1) is 0 Å². The zero-order chi connectivity index (χ0) is 15.8. The lowest BCUT2D eigenvalue weighted by atomic mass is 10.0. The molecule has 1 heterocycles. The van der Waals surface area contributed by atoms with Crippen LogP contribution in [0.3, 0.4) is 0 Å². The van der Waals surface area contributed by atoms with E-state index in [0.717, 1.165) is 35.0 Å². The third kappa shape index (κ3) is 3.29. The van der Waals surface area contributed by atoms with Crippen molar-refractivity contribution < 1.29 is 9.47 Å². The first-order valence-electron chi connectivity index (χ1n) is 8.08. The second-order valence-electron chi connectivity index (χ2n) is 6.33. The first-order valence-corrected chi connectivity index (χ1v) is 8.84. The van der Waals surface area contributed by atoms with E-state index in [2.05, 4.69) is 0 Å². The second-order valence-corrected chi connectivity index (χ2v) is 7.17. The summed E-state index contributed by atoms with van der Waals surface area (Å²) in [5, 5.41) is 1.25. The van der Waals surface area contributed by atoms with E-state index in [-0.39, 0.29) is 6.10 Å². The highest BCUT2D eigenvalue weighted by molar-refractivity contribution is 6.36. The molecule has 2 nitrogen and oxygen atoms in total. The summed E-state index contributed by atoms with van der Waals surface area (Å²) < 4.78 is 12.2. The number of hydrogen-bond acceptors (Lipinski definition) is 2. The van der Waals surface area contributed by atoms with Gasteiger partial charge in [0.25, 0.3) is 0 Å². The SMILES string of the molecule is Clc1ccc(-c2cccc3c2OC(CCC2CC2)CO3)c(Cl)c1. The van der Waals surface area contributed by atoms with E-state index in [1.54, 1.807) is 6.07 Å². The maximum Gasteiger partial charge on any atom is 0.169 e.